The maximum Gasteiger partial charge on any atom is 0.159 e. The average molecular weight is 239 g/mol. The Kier molecular flexibility index (Phi) is 3.84. The van der Waals surface area contributed by atoms with Gasteiger partial charge < -0.3 is 4.79 Å². The van der Waals surface area contributed by atoms with Gasteiger partial charge in [-0.3, -0.25) is 4.90 Å². The lowest BCUT2D eigenvalue weighted by molar-refractivity contribution is -0.113. The molecule has 2 rings (SSSR count). The van der Waals surface area contributed by atoms with Crippen LogP contribution >= 0.6 is 0 Å². The topological polar surface area (TPSA) is 20.3 Å². The number of benzene rings is 1. The van der Waals surface area contributed by atoms with Gasteiger partial charge in [0.2, 0.25) is 0 Å². The van der Waals surface area contributed by atoms with E-state index in [9.17, 15) is 13.6 Å². The minimum atomic E-state index is -0.834. The number of likely N-dealkylation sites (tertiary alicyclic amines) is 1. The lowest BCUT2D eigenvalue weighted by atomic mass is 10.0. The molecular weight excluding hydrogens is 224 g/mol. The van der Waals surface area contributed by atoms with Gasteiger partial charge in [-0.2, -0.15) is 0 Å². The number of hydrogen-bond donors (Lipinski definition) is 0. The molecule has 17 heavy (non-hydrogen) atoms. The monoisotopic (exact) mass is 239 g/mol. The number of rotatable bonds is 3. The summed E-state index contributed by atoms with van der Waals surface area (Å²) >= 11 is 0. The Hall–Kier alpha value is -1.29. The van der Waals surface area contributed by atoms with Crippen molar-refractivity contribution in [3.63, 3.8) is 0 Å². The van der Waals surface area contributed by atoms with E-state index in [2.05, 4.69) is 0 Å². The minimum absolute atomic E-state index is 0.0862. The van der Waals surface area contributed by atoms with Gasteiger partial charge in [0.15, 0.2) is 11.6 Å². The molecule has 1 atom stereocenters. The molecule has 1 heterocycles. The number of hydrogen-bond acceptors (Lipinski definition) is 2. The highest BCUT2D eigenvalue weighted by molar-refractivity contribution is 5.57. The summed E-state index contributed by atoms with van der Waals surface area (Å²) in [7, 11) is 0. The molecule has 0 aromatic heterocycles. The number of carbonyl (C=O) groups is 1. The molecule has 2 nitrogen and oxygen atoms in total. The van der Waals surface area contributed by atoms with Crippen LogP contribution in [-0.2, 0) is 11.3 Å². The summed E-state index contributed by atoms with van der Waals surface area (Å²) in [5.41, 5.74) is 0.706. The lowest BCUT2D eigenvalue weighted by Crippen LogP contribution is -2.39. The molecule has 1 unspecified atom stereocenters. The van der Waals surface area contributed by atoms with E-state index < -0.39 is 11.6 Å². The van der Waals surface area contributed by atoms with Gasteiger partial charge in [0.1, 0.15) is 6.29 Å². The molecule has 1 aromatic carbocycles. The van der Waals surface area contributed by atoms with Gasteiger partial charge in [0.05, 0.1) is 6.04 Å². The van der Waals surface area contributed by atoms with Crippen LogP contribution in [0.1, 0.15) is 24.8 Å². The molecule has 1 saturated heterocycles. The first-order valence-electron chi connectivity index (χ1n) is 5.84. The molecule has 1 fully saturated rings. The molecule has 0 spiro atoms. The molecule has 0 saturated carbocycles. The third kappa shape index (κ3) is 2.88. The van der Waals surface area contributed by atoms with E-state index in [0.29, 0.717) is 12.1 Å². The van der Waals surface area contributed by atoms with E-state index in [1.165, 1.54) is 6.07 Å². The number of piperidine rings is 1. The van der Waals surface area contributed by atoms with Crippen molar-refractivity contribution in [2.45, 2.75) is 31.8 Å². The molecule has 0 N–H and O–H groups in total. The second kappa shape index (κ2) is 5.36. The number of carbonyl (C=O) groups excluding carboxylic acids is 1. The molecular formula is C13H15F2NO. The summed E-state index contributed by atoms with van der Waals surface area (Å²) in [6.45, 7) is 1.34. The van der Waals surface area contributed by atoms with Crippen LogP contribution in [0.4, 0.5) is 8.78 Å². The second-order valence-corrected chi connectivity index (χ2v) is 4.42. The van der Waals surface area contributed by atoms with E-state index in [1.807, 2.05) is 4.90 Å². The molecule has 1 aromatic rings. The van der Waals surface area contributed by atoms with Crippen LogP contribution in [0, 0.1) is 11.6 Å². The van der Waals surface area contributed by atoms with Gasteiger partial charge in [-0.25, -0.2) is 8.78 Å². The van der Waals surface area contributed by atoms with Crippen molar-refractivity contribution in [1.82, 2.24) is 4.90 Å². The van der Waals surface area contributed by atoms with Gasteiger partial charge in [-0.15, -0.1) is 0 Å². The Morgan fingerprint density at radius 1 is 1.29 bits per heavy atom. The van der Waals surface area contributed by atoms with Crippen molar-refractivity contribution in [2.75, 3.05) is 6.54 Å². The Morgan fingerprint density at radius 3 is 2.82 bits per heavy atom. The predicted octanol–water partition coefficient (Wildman–Crippen LogP) is 2.52. The Bertz CT molecular complexity index is 408. The Balaban J connectivity index is 2.08. The standard InChI is InChI=1S/C13H15F2NO/c14-12-5-4-10(7-13(12)15)8-16-6-2-1-3-11(16)9-17/h4-5,7,9,11H,1-3,6,8H2. The van der Waals surface area contributed by atoms with Crippen LogP contribution in [0.5, 0.6) is 0 Å². The summed E-state index contributed by atoms with van der Waals surface area (Å²) in [4.78, 5) is 12.9. The number of nitrogens with zero attached hydrogens (tertiary/aromatic N) is 1. The van der Waals surface area contributed by atoms with Gasteiger partial charge in [0, 0.05) is 6.54 Å². The number of halogens is 2. The summed E-state index contributed by atoms with van der Waals surface area (Å²) in [6, 6.07) is 3.81. The zero-order chi connectivity index (χ0) is 12.3. The Morgan fingerprint density at radius 2 is 2.12 bits per heavy atom. The normalized spacial score (nSPS) is 21.4. The van der Waals surface area contributed by atoms with Crippen LogP contribution < -0.4 is 0 Å². The zero-order valence-corrected chi connectivity index (χ0v) is 9.53. The van der Waals surface area contributed by atoms with Crippen molar-refractivity contribution in [2.24, 2.45) is 0 Å². The molecule has 1 aliphatic heterocycles. The van der Waals surface area contributed by atoms with E-state index in [0.717, 1.165) is 38.2 Å². The van der Waals surface area contributed by atoms with Gasteiger partial charge >= 0.3 is 0 Å². The highest BCUT2D eigenvalue weighted by atomic mass is 19.2. The largest absolute Gasteiger partial charge is 0.302 e. The third-order valence-corrected chi connectivity index (χ3v) is 3.19. The first-order chi connectivity index (χ1) is 8.20. The smallest absolute Gasteiger partial charge is 0.159 e. The van der Waals surface area contributed by atoms with Crippen molar-refractivity contribution in [3.8, 4) is 0 Å². The predicted molar refractivity (Wildman–Crippen MR) is 60.5 cm³/mol. The SMILES string of the molecule is O=CC1CCCCN1Cc1ccc(F)c(F)c1. The van der Waals surface area contributed by atoms with E-state index in [-0.39, 0.29) is 6.04 Å². The lowest BCUT2D eigenvalue weighted by Gasteiger charge is -2.32. The maximum atomic E-state index is 13.0. The third-order valence-electron chi connectivity index (χ3n) is 3.19. The molecule has 4 heteroatoms. The fourth-order valence-corrected chi connectivity index (χ4v) is 2.24. The molecule has 0 radical (unpaired) electrons. The van der Waals surface area contributed by atoms with Crippen LogP contribution in [-0.4, -0.2) is 23.8 Å². The summed E-state index contributed by atoms with van der Waals surface area (Å²) in [5.74, 6) is -1.67. The maximum absolute atomic E-state index is 13.0. The van der Waals surface area contributed by atoms with Crippen LogP contribution in [0.3, 0.4) is 0 Å². The summed E-state index contributed by atoms with van der Waals surface area (Å²) in [5, 5.41) is 0. The fraction of sp³-hybridized carbons (Fsp3) is 0.462. The Labute approximate surface area is 99.2 Å². The van der Waals surface area contributed by atoms with E-state index in [1.54, 1.807) is 6.07 Å². The molecule has 92 valence electrons. The van der Waals surface area contributed by atoms with Gasteiger partial charge in [0.25, 0.3) is 0 Å². The van der Waals surface area contributed by atoms with Crippen molar-refractivity contribution in [1.29, 1.82) is 0 Å². The van der Waals surface area contributed by atoms with Crippen LogP contribution in [0.2, 0.25) is 0 Å². The quantitative estimate of drug-likeness (QED) is 0.755. The first-order valence-corrected chi connectivity index (χ1v) is 5.84. The van der Waals surface area contributed by atoms with Crippen LogP contribution in [0.25, 0.3) is 0 Å². The van der Waals surface area contributed by atoms with Crippen molar-refractivity contribution in [3.05, 3.63) is 35.4 Å². The molecule has 1 aliphatic rings. The van der Waals surface area contributed by atoms with Gasteiger partial charge in [-0.05, 0) is 37.1 Å². The summed E-state index contributed by atoms with van der Waals surface area (Å²) in [6.07, 6.45) is 3.90. The van der Waals surface area contributed by atoms with Crippen molar-refractivity contribution >= 4 is 6.29 Å². The van der Waals surface area contributed by atoms with Crippen molar-refractivity contribution < 1.29 is 13.6 Å². The fourth-order valence-electron chi connectivity index (χ4n) is 2.24. The first kappa shape index (κ1) is 12.2. The molecule has 0 amide bonds. The van der Waals surface area contributed by atoms with Crippen LogP contribution in [0.15, 0.2) is 18.2 Å². The second-order valence-electron chi connectivity index (χ2n) is 4.42. The number of aldehydes is 1. The highest BCUT2D eigenvalue weighted by Gasteiger charge is 2.21. The zero-order valence-electron chi connectivity index (χ0n) is 9.53. The van der Waals surface area contributed by atoms with Gasteiger partial charge in [-0.1, -0.05) is 12.5 Å². The minimum Gasteiger partial charge on any atom is -0.302 e. The van der Waals surface area contributed by atoms with E-state index >= 15 is 0 Å². The highest BCUT2D eigenvalue weighted by Crippen LogP contribution is 2.19. The average Bonchev–Trinajstić information content (AvgIpc) is 2.34. The molecule has 0 aliphatic carbocycles. The summed E-state index contributed by atoms with van der Waals surface area (Å²) < 4.78 is 25.8. The van der Waals surface area contributed by atoms with E-state index in [4.69, 9.17) is 0 Å². The molecule has 0 bridgehead atoms.